The Morgan fingerprint density at radius 2 is 1.74 bits per heavy atom. The van der Waals surface area contributed by atoms with Gasteiger partial charge in [-0.15, -0.1) is 0 Å². The number of carbonyl (C=O) groups is 3. The third-order valence-corrected chi connectivity index (χ3v) is 4.99. The highest BCUT2D eigenvalue weighted by atomic mass is 16.5. The van der Waals surface area contributed by atoms with Gasteiger partial charge in [0.15, 0.2) is 17.5 Å². The molecule has 0 radical (unpaired) electrons. The van der Waals surface area contributed by atoms with Crippen LogP contribution < -0.4 is 0 Å². The summed E-state index contributed by atoms with van der Waals surface area (Å²) in [5.41, 5.74) is 4.22. The fraction of sp³-hybridized carbons (Fsp3) is 0.120. The summed E-state index contributed by atoms with van der Waals surface area (Å²) in [4.78, 5) is 36.8. The number of aromatic nitrogens is 2. The van der Waals surface area contributed by atoms with E-state index in [9.17, 15) is 14.4 Å². The van der Waals surface area contributed by atoms with Crippen LogP contribution in [-0.4, -0.2) is 27.3 Å². The van der Waals surface area contributed by atoms with Crippen molar-refractivity contribution in [2.24, 2.45) is 5.92 Å². The van der Waals surface area contributed by atoms with Gasteiger partial charge in [-0.1, -0.05) is 48.5 Å². The zero-order valence-corrected chi connectivity index (χ0v) is 17.1. The highest BCUT2D eigenvalue weighted by Gasteiger charge is 2.36. The fourth-order valence-electron chi connectivity index (χ4n) is 3.44. The third-order valence-electron chi connectivity index (χ3n) is 4.99. The molecule has 1 aliphatic heterocycles. The van der Waals surface area contributed by atoms with Gasteiger partial charge in [0.05, 0.1) is 11.4 Å². The van der Waals surface area contributed by atoms with Gasteiger partial charge in [0.1, 0.15) is 5.76 Å². The van der Waals surface area contributed by atoms with Crippen LogP contribution in [0.2, 0.25) is 0 Å². The number of esters is 1. The fourth-order valence-corrected chi connectivity index (χ4v) is 3.44. The summed E-state index contributed by atoms with van der Waals surface area (Å²) in [6.07, 6.45) is 5.81. The molecule has 1 atom stereocenters. The molecule has 3 aromatic rings. The van der Waals surface area contributed by atoms with Gasteiger partial charge in [-0.25, -0.2) is 4.68 Å². The summed E-state index contributed by atoms with van der Waals surface area (Å²) in [6.45, 7) is 3.49. The second-order valence-electron chi connectivity index (χ2n) is 7.28. The molecule has 1 unspecified atom stereocenters. The van der Waals surface area contributed by atoms with Crippen molar-refractivity contribution < 1.29 is 19.1 Å². The number of ether oxygens (including phenoxy) is 1. The van der Waals surface area contributed by atoms with E-state index < -0.39 is 23.5 Å². The molecular weight excluding hydrogens is 392 g/mol. The Bertz CT molecular complexity index is 1240. The van der Waals surface area contributed by atoms with Gasteiger partial charge >= 0.3 is 5.97 Å². The predicted molar refractivity (Wildman–Crippen MR) is 116 cm³/mol. The van der Waals surface area contributed by atoms with Crippen molar-refractivity contribution in [2.75, 3.05) is 0 Å². The number of rotatable bonds is 5. The minimum Gasteiger partial charge on any atom is -0.430 e. The van der Waals surface area contributed by atoms with Crippen LogP contribution in [0, 0.1) is 12.8 Å². The van der Waals surface area contributed by atoms with Crippen LogP contribution in [0.5, 0.6) is 0 Å². The normalized spacial score (nSPS) is 16.3. The van der Waals surface area contributed by atoms with Gasteiger partial charge in [-0.2, -0.15) is 5.10 Å². The number of allylic oxidation sites excluding steroid dienone is 3. The van der Waals surface area contributed by atoms with Crippen molar-refractivity contribution in [2.45, 2.75) is 13.8 Å². The first-order chi connectivity index (χ1) is 14.9. The lowest BCUT2D eigenvalue weighted by molar-refractivity contribution is -0.151. The van der Waals surface area contributed by atoms with E-state index in [0.29, 0.717) is 11.3 Å². The van der Waals surface area contributed by atoms with E-state index in [1.54, 1.807) is 10.8 Å². The highest BCUT2D eigenvalue weighted by Crippen LogP contribution is 2.26. The maximum Gasteiger partial charge on any atom is 0.329 e. The zero-order chi connectivity index (χ0) is 22.0. The summed E-state index contributed by atoms with van der Waals surface area (Å²) in [5.74, 6) is -3.32. The lowest BCUT2D eigenvalue weighted by atomic mass is 9.95. The van der Waals surface area contributed by atoms with Crippen molar-refractivity contribution >= 4 is 23.6 Å². The first-order valence-corrected chi connectivity index (χ1v) is 9.81. The van der Waals surface area contributed by atoms with E-state index >= 15 is 0 Å². The molecule has 6 nitrogen and oxygen atoms in total. The number of hydrogen-bond acceptors (Lipinski definition) is 5. The van der Waals surface area contributed by atoms with Crippen molar-refractivity contribution in [3.63, 3.8) is 0 Å². The smallest absolute Gasteiger partial charge is 0.329 e. The van der Waals surface area contributed by atoms with E-state index in [1.165, 1.54) is 19.1 Å². The number of aryl methyl sites for hydroxylation is 1. The number of carbonyl (C=O) groups excluding carboxylic acids is 3. The second kappa shape index (κ2) is 8.36. The Morgan fingerprint density at radius 1 is 1.03 bits per heavy atom. The van der Waals surface area contributed by atoms with Gasteiger partial charge < -0.3 is 4.74 Å². The molecule has 0 saturated carbocycles. The average molecular weight is 412 g/mol. The molecule has 0 fully saturated rings. The molecular formula is C25H20N2O4. The van der Waals surface area contributed by atoms with Crippen LogP contribution in [0.3, 0.4) is 0 Å². The molecule has 0 amide bonds. The van der Waals surface area contributed by atoms with E-state index in [1.807, 2.05) is 67.7 Å². The molecule has 4 rings (SSSR count). The third kappa shape index (κ3) is 4.14. The molecule has 1 aliphatic rings. The number of benzene rings is 2. The SMILES string of the molecule is CC1=CC(=O)C(C(=O)/C=C/c2cn(-c3ccccc3C)nc2-c2ccccc2)C(=O)O1. The van der Waals surface area contributed by atoms with Crippen molar-refractivity contribution in [1.82, 2.24) is 9.78 Å². The van der Waals surface area contributed by atoms with Gasteiger partial charge in [0, 0.05) is 23.4 Å². The molecule has 0 aliphatic carbocycles. The zero-order valence-electron chi connectivity index (χ0n) is 17.1. The lowest BCUT2D eigenvalue weighted by Crippen LogP contribution is -2.34. The molecule has 0 N–H and O–H groups in total. The van der Waals surface area contributed by atoms with Crippen molar-refractivity contribution in [1.29, 1.82) is 0 Å². The Labute approximate surface area is 179 Å². The number of cyclic esters (lactones) is 1. The van der Waals surface area contributed by atoms with E-state index in [0.717, 1.165) is 16.8 Å². The van der Waals surface area contributed by atoms with E-state index in [4.69, 9.17) is 9.84 Å². The molecule has 2 heterocycles. The quantitative estimate of drug-likeness (QED) is 0.359. The summed E-state index contributed by atoms with van der Waals surface area (Å²) in [6, 6.07) is 17.4. The lowest BCUT2D eigenvalue weighted by Gasteiger charge is -2.15. The van der Waals surface area contributed by atoms with Crippen molar-refractivity contribution in [3.8, 4) is 16.9 Å². The molecule has 31 heavy (non-hydrogen) atoms. The van der Waals surface area contributed by atoms with Crippen LogP contribution in [0.4, 0.5) is 0 Å². The maximum atomic E-state index is 12.6. The monoisotopic (exact) mass is 412 g/mol. The maximum absolute atomic E-state index is 12.6. The van der Waals surface area contributed by atoms with E-state index in [2.05, 4.69) is 0 Å². The van der Waals surface area contributed by atoms with Gasteiger partial charge in [-0.05, 0) is 37.6 Å². The molecule has 0 bridgehead atoms. The Balaban J connectivity index is 1.72. The summed E-state index contributed by atoms with van der Waals surface area (Å²) in [7, 11) is 0. The molecule has 154 valence electrons. The van der Waals surface area contributed by atoms with Crippen LogP contribution in [0.1, 0.15) is 18.1 Å². The molecule has 1 aromatic heterocycles. The average Bonchev–Trinajstić information content (AvgIpc) is 3.16. The minimum absolute atomic E-state index is 0.189. The summed E-state index contributed by atoms with van der Waals surface area (Å²) >= 11 is 0. The Kier molecular flexibility index (Phi) is 5.45. The first kappa shape index (κ1) is 20.2. The predicted octanol–water partition coefficient (Wildman–Crippen LogP) is 4.08. The number of para-hydroxylation sites is 1. The van der Waals surface area contributed by atoms with Crippen LogP contribution in [-0.2, 0) is 19.1 Å². The topological polar surface area (TPSA) is 78.3 Å². The standard InChI is InChI=1S/C25H20N2O4/c1-16-8-6-7-11-20(16)27-15-19(24(26-27)18-9-4-3-5-10-18)12-13-21(28)23-22(29)14-17(2)31-25(23)30/h3-15,23H,1-2H3/b13-12+. The highest BCUT2D eigenvalue weighted by molar-refractivity contribution is 6.25. The Hall–Kier alpha value is -4.06. The van der Waals surface area contributed by atoms with Crippen LogP contribution >= 0.6 is 0 Å². The van der Waals surface area contributed by atoms with Gasteiger partial charge in [0.25, 0.3) is 0 Å². The molecule has 2 aromatic carbocycles. The Morgan fingerprint density at radius 3 is 2.45 bits per heavy atom. The number of hydrogen-bond donors (Lipinski definition) is 0. The van der Waals surface area contributed by atoms with Crippen LogP contribution in [0.25, 0.3) is 23.0 Å². The first-order valence-electron chi connectivity index (χ1n) is 9.81. The number of ketones is 2. The second-order valence-corrected chi connectivity index (χ2v) is 7.28. The van der Waals surface area contributed by atoms with Crippen molar-refractivity contribution in [3.05, 3.63) is 89.8 Å². The minimum atomic E-state index is -1.47. The largest absolute Gasteiger partial charge is 0.430 e. The molecule has 6 heteroatoms. The molecule has 0 saturated heterocycles. The van der Waals surface area contributed by atoms with E-state index in [-0.39, 0.29) is 5.76 Å². The van der Waals surface area contributed by atoms with Gasteiger partial charge in [0.2, 0.25) is 0 Å². The summed E-state index contributed by atoms with van der Waals surface area (Å²) in [5, 5.41) is 4.73. The molecule has 0 spiro atoms. The summed E-state index contributed by atoms with van der Waals surface area (Å²) < 4.78 is 6.70. The number of nitrogens with zero attached hydrogens (tertiary/aromatic N) is 2. The van der Waals surface area contributed by atoms with Gasteiger partial charge in [-0.3, -0.25) is 14.4 Å². The van der Waals surface area contributed by atoms with Crippen LogP contribution in [0.15, 0.2) is 78.7 Å².